The molecule has 54 valence electrons. The van der Waals surface area contributed by atoms with Gasteiger partial charge in [-0.15, -0.1) is 0 Å². The lowest BCUT2D eigenvalue weighted by Crippen LogP contribution is -2.31. The lowest BCUT2D eigenvalue weighted by molar-refractivity contribution is -0.775. The van der Waals surface area contributed by atoms with Gasteiger partial charge < -0.3 is 5.32 Å². The van der Waals surface area contributed by atoms with Gasteiger partial charge in [-0.3, -0.25) is 0 Å². The van der Waals surface area contributed by atoms with E-state index in [0.717, 1.165) is 11.6 Å². The molecule has 0 radical (unpaired) electrons. The van der Waals surface area contributed by atoms with Gasteiger partial charge in [-0.2, -0.15) is 4.99 Å². The molecule has 0 aliphatic carbocycles. The molecule has 1 unspecified atom stereocenters. The zero-order valence-corrected chi connectivity index (χ0v) is 6.15. The lowest BCUT2D eigenvalue weighted by atomic mass is 10.4. The second-order valence-corrected chi connectivity index (χ2v) is 3.00. The van der Waals surface area contributed by atoms with Crippen LogP contribution in [-0.4, -0.2) is 17.7 Å². The number of quaternary nitrogens is 1. The van der Waals surface area contributed by atoms with Crippen LogP contribution in [0.25, 0.3) is 5.32 Å². The molecule has 3 aliphatic heterocycles. The van der Waals surface area contributed by atoms with E-state index < -0.39 is 0 Å². The van der Waals surface area contributed by atoms with Crippen molar-refractivity contribution in [3.63, 3.8) is 0 Å². The van der Waals surface area contributed by atoms with Crippen molar-refractivity contribution in [2.75, 3.05) is 7.05 Å². The fraction of sp³-hybridized carbons (Fsp3) is 0.125. The largest absolute Gasteiger partial charge is 0.610 e. The van der Waals surface area contributed by atoms with E-state index in [1.165, 1.54) is 5.70 Å². The van der Waals surface area contributed by atoms with E-state index in [9.17, 15) is 0 Å². The molecule has 0 amide bonds. The van der Waals surface area contributed by atoms with Gasteiger partial charge in [0.1, 0.15) is 0 Å². The Kier molecular flexibility index (Phi) is 0.634. The highest BCUT2D eigenvalue weighted by atomic mass is 15.5. The summed E-state index contributed by atoms with van der Waals surface area (Å²) in [5.74, 6) is 2.10. The third-order valence-electron chi connectivity index (χ3n) is 2.48. The van der Waals surface area contributed by atoms with Crippen LogP contribution in [0.3, 0.4) is 0 Å². The molecule has 3 heteroatoms. The zero-order valence-electron chi connectivity index (χ0n) is 6.15. The third-order valence-corrected chi connectivity index (χ3v) is 2.48. The maximum absolute atomic E-state index is 4.26. The second-order valence-electron chi connectivity index (χ2n) is 3.00. The molecule has 3 nitrogen and oxygen atoms in total. The van der Waals surface area contributed by atoms with E-state index in [4.69, 9.17) is 0 Å². The van der Waals surface area contributed by atoms with Gasteiger partial charge in [-0.1, -0.05) is 6.20 Å². The summed E-state index contributed by atoms with van der Waals surface area (Å²) in [6.45, 7) is 0. The number of nitrogens with zero attached hydrogens (tertiary/aromatic N) is 3. The van der Waals surface area contributed by atoms with Gasteiger partial charge in [0.25, 0.3) is 0 Å². The van der Waals surface area contributed by atoms with Gasteiger partial charge in [0.05, 0.1) is 13.3 Å². The summed E-state index contributed by atoms with van der Waals surface area (Å²) in [5, 5.41) is 4.26. The van der Waals surface area contributed by atoms with Crippen LogP contribution >= 0.6 is 0 Å². The summed E-state index contributed by atoms with van der Waals surface area (Å²) in [5.41, 5.74) is 1.22. The quantitative estimate of drug-likeness (QED) is 0.461. The van der Waals surface area contributed by atoms with Crippen molar-refractivity contribution >= 4 is 6.21 Å². The molecular weight excluding hydrogens is 138 g/mol. The third kappa shape index (κ3) is 0.382. The molecule has 0 fully saturated rings. The van der Waals surface area contributed by atoms with Crippen molar-refractivity contribution in [2.24, 2.45) is 4.99 Å². The number of hydrogen-bond acceptors (Lipinski definition) is 1. The van der Waals surface area contributed by atoms with Crippen molar-refractivity contribution < 1.29 is 4.48 Å². The van der Waals surface area contributed by atoms with Gasteiger partial charge in [0.15, 0.2) is 5.70 Å². The molecule has 0 aromatic rings. The molecule has 0 aromatic heterocycles. The maximum atomic E-state index is 4.26. The molecule has 3 rings (SSSR count). The second kappa shape index (κ2) is 1.31. The molecule has 1 atom stereocenters. The highest BCUT2D eigenvalue weighted by Gasteiger charge is 2.41. The van der Waals surface area contributed by atoms with Crippen LogP contribution in [0.2, 0.25) is 0 Å². The molecule has 3 aliphatic rings. The average Bonchev–Trinajstić information content (AvgIpc) is 2.53. The summed E-state index contributed by atoms with van der Waals surface area (Å²) in [4.78, 5) is 4.26. The van der Waals surface area contributed by atoms with Gasteiger partial charge in [-0.05, 0) is 6.08 Å². The fourth-order valence-electron chi connectivity index (χ4n) is 1.68. The Bertz CT molecular complexity index is 360. The topological polar surface area (TPSA) is 26.5 Å². The van der Waals surface area contributed by atoms with E-state index in [1.54, 1.807) is 0 Å². The zero-order chi connectivity index (χ0) is 7.47. The van der Waals surface area contributed by atoms with Crippen LogP contribution < -0.4 is 0 Å². The maximum Gasteiger partial charge on any atom is 0.214 e. The monoisotopic (exact) mass is 145 g/mol. The van der Waals surface area contributed by atoms with Crippen LogP contribution in [0.4, 0.5) is 0 Å². The van der Waals surface area contributed by atoms with E-state index in [-0.39, 0.29) is 0 Å². The molecule has 11 heavy (non-hydrogen) atoms. The number of hydrogen-bond donors (Lipinski definition) is 0. The molecule has 0 bridgehead atoms. The minimum absolute atomic E-state index is 0.694. The predicted octanol–water partition coefficient (Wildman–Crippen LogP) is 1.44. The average molecular weight is 145 g/mol. The highest BCUT2D eigenvalue weighted by Crippen LogP contribution is 2.45. The van der Waals surface area contributed by atoms with Gasteiger partial charge in [-0.25, -0.2) is 4.48 Å². The van der Waals surface area contributed by atoms with E-state index in [2.05, 4.69) is 23.4 Å². The van der Waals surface area contributed by atoms with Crippen LogP contribution in [0.1, 0.15) is 0 Å². The summed E-state index contributed by atoms with van der Waals surface area (Å²) in [6.07, 6.45) is 7.86. The highest BCUT2D eigenvalue weighted by molar-refractivity contribution is 5.82. The Hall–Kier alpha value is -1.35. The minimum atomic E-state index is 0.694. The van der Waals surface area contributed by atoms with Crippen LogP contribution in [0.15, 0.2) is 40.7 Å². The summed E-state index contributed by atoms with van der Waals surface area (Å²) in [7, 11) is 2.11. The molecule has 3 heterocycles. The standard InChI is InChI=1S/C8H7N3/c1-11-6-2-3-7(11)10-5-8(11)9-4-6/h2-5H,1H3. The Morgan fingerprint density at radius 1 is 1.45 bits per heavy atom. The predicted molar refractivity (Wildman–Crippen MR) is 42.3 cm³/mol. The number of aliphatic imine (C=N–C) groups is 1. The number of rotatable bonds is 0. The van der Waals surface area contributed by atoms with Crippen LogP contribution in [-0.2, 0) is 0 Å². The van der Waals surface area contributed by atoms with E-state index in [0.29, 0.717) is 4.48 Å². The van der Waals surface area contributed by atoms with Crippen molar-refractivity contribution in [1.82, 2.24) is 0 Å². The molecular formula is C8H7N3. The smallest absolute Gasteiger partial charge is 0.214 e. The Morgan fingerprint density at radius 2 is 2.36 bits per heavy atom. The van der Waals surface area contributed by atoms with Crippen molar-refractivity contribution in [1.29, 1.82) is 0 Å². The molecule has 0 saturated carbocycles. The minimum Gasteiger partial charge on any atom is -0.610 e. The molecule has 0 aromatic carbocycles. The van der Waals surface area contributed by atoms with Crippen LogP contribution in [0.5, 0.6) is 0 Å². The van der Waals surface area contributed by atoms with Crippen molar-refractivity contribution in [3.8, 4) is 0 Å². The molecule has 0 saturated heterocycles. The van der Waals surface area contributed by atoms with E-state index in [1.807, 2.05) is 18.5 Å². The van der Waals surface area contributed by atoms with Crippen molar-refractivity contribution in [2.45, 2.75) is 0 Å². The Labute approximate surface area is 64.6 Å². The Balaban J connectivity index is 2.36. The fourth-order valence-corrected chi connectivity index (χ4v) is 1.68. The normalized spacial score (nSPS) is 36.3. The SMILES string of the molecule is C[N+]12C3=CC=C1[N-]C=C2N=C3. The first-order valence-corrected chi connectivity index (χ1v) is 3.57. The van der Waals surface area contributed by atoms with Gasteiger partial charge >= 0.3 is 0 Å². The Morgan fingerprint density at radius 3 is 3.27 bits per heavy atom. The van der Waals surface area contributed by atoms with Crippen LogP contribution in [0, 0.1) is 0 Å². The molecule has 0 spiro atoms. The molecule has 0 N–H and O–H groups in total. The first-order chi connectivity index (χ1) is 5.32. The first-order valence-electron chi connectivity index (χ1n) is 3.57. The van der Waals surface area contributed by atoms with Gasteiger partial charge in [0, 0.05) is 11.9 Å². The lowest BCUT2D eigenvalue weighted by Gasteiger charge is -2.28. The first kappa shape index (κ1) is 5.32. The number of allylic oxidation sites excluding steroid dienone is 3. The van der Waals surface area contributed by atoms with E-state index >= 15 is 0 Å². The summed E-state index contributed by atoms with van der Waals surface area (Å²) in [6, 6.07) is 0. The summed E-state index contributed by atoms with van der Waals surface area (Å²) >= 11 is 0. The van der Waals surface area contributed by atoms with Crippen molar-refractivity contribution in [3.05, 3.63) is 41.0 Å². The summed E-state index contributed by atoms with van der Waals surface area (Å²) < 4.78 is 0.694. The van der Waals surface area contributed by atoms with Gasteiger partial charge in [0.2, 0.25) is 5.82 Å².